The molecule has 0 unspecified atom stereocenters. The topological polar surface area (TPSA) is 89.3 Å². The van der Waals surface area contributed by atoms with Crippen LogP contribution in [0.5, 0.6) is 0 Å². The summed E-state index contributed by atoms with van der Waals surface area (Å²) in [4.78, 5) is 13.6. The molecule has 2 aromatic carbocycles. The maximum atomic E-state index is 13.5. The highest BCUT2D eigenvalue weighted by atomic mass is 32.2. The van der Waals surface area contributed by atoms with Crippen molar-refractivity contribution in [3.8, 4) is 0 Å². The van der Waals surface area contributed by atoms with Crippen LogP contribution in [0.15, 0.2) is 53.4 Å². The first kappa shape index (κ1) is 19.8. The van der Waals surface area contributed by atoms with Gasteiger partial charge in [0.05, 0.1) is 10.3 Å². The fourth-order valence-electron chi connectivity index (χ4n) is 6.76. The van der Waals surface area contributed by atoms with Gasteiger partial charge in [0.2, 0.25) is 15.9 Å². The molecule has 1 amide bonds. The standard InChI is InChI=1S/C24H28N2O3S/c1-16-2-4-19(5-3-16)23-11-17-10-18(12-23)14-24(13-17,15-23)22(27)26-20-6-8-21(9-7-20)30(25,28)29/h2-9,17-18H,10-15H2,1H3,(H,26,27)(H2,25,28,29)/t17-,18-,23?,24?/m1/s1. The van der Waals surface area contributed by atoms with Crippen molar-refractivity contribution in [2.24, 2.45) is 22.4 Å². The summed E-state index contributed by atoms with van der Waals surface area (Å²) in [5.74, 6) is 1.28. The molecule has 4 saturated carbocycles. The zero-order valence-electron chi connectivity index (χ0n) is 17.2. The lowest BCUT2D eigenvalue weighted by Crippen LogP contribution is -2.57. The van der Waals surface area contributed by atoms with Gasteiger partial charge in [-0.05, 0) is 92.5 Å². The van der Waals surface area contributed by atoms with Crippen LogP contribution in [0.1, 0.15) is 49.7 Å². The van der Waals surface area contributed by atoms with E-state index in [4.69, 9.17) is 5.14 Å². The zero-order valence-corrected chi connectivity index (χ0v) is 18.0. The van der Waals surface area contributed by atoms with Gasteiger partial charge in [0.1, 0.15) is 0 Å². The van der Waals surface area contributed by atoms with E-state index in [0.29, 0.717) is 17.5 Å². The first-order valence-corrected chi connectivity index (χ1v) is 12.2. The van der Waals surface area contributed by atoms with Gasteiger partial charge in [-0.25, -0.2) is 13.6 Å². The van der Waals surface area contributed by atoms with E-state index >= 15 is 0 Å². The Hall–Kier alpha value is -2.18. The van der Waals surface area contributed by atoms with E-state index in [1.165, 1.54) is 42.5 Å². The summed E-state index contributed by atoms with van der Waals surface area (Å²) in [7, 11) is -3.74. The second-order valence-electron chi connectivity index (χ2n) is 9.91. The zero-order chi connectivity index (χ0) is 21.1. The summed E-state index contributed by atoms with van der Waals surface area (Å²) in [5, 5.41) is 8.26. The monoisotopic (exact) mass is 424 g/mol. The molecule has 2 aromatic rings. The second-order valence-corrected chi connectivity index (χ2v) is 11.5. The Balaban J connectivity index is 1.42. The third-order valence-corrected chi connectivity index (χ3v) is 8.58. The summed E-state index contributed by atoms with van der Waals surface area (Å²) in [5.41, 5.74) is 3.03. The Morgan fingerprint density at radius 1 is 0.967 bits per heavy atom. The number of carbonyl (C=O) groups is 1. The Morgan fingerprint density at radius 2 is 1.57 bits per heavy atom. The predicted octanol–water partition coefficient (Wildman–Crippen LogP) is 4.12. The molecule has 3 N–H and O–H groups in total. The largest absolute Gasteiger partial charge is 0.326 e. The molecule has 4 aliphatic carbocycles. The van der Waals surface area contributed by atoms with Crippen molar-refractivity contribution in [3.05, 3.63) is 59.7 Å². The van der Waals surface area contributed by atoms with Crippen molar-refractivity contribution in [2.45, 2.75) is 55.8 Å². The summed E-state index contributed by atoms with van der Waals surface area (Å²) in [6.45, 7) is 2.11. The van der Waals surface area contributed by atoms with Crippen LogP contribution in [0.3, 0.4) is 0 Å². The van der Waals surface area contributed by atoms with Gasteiger partial charge in [0.15, 0.2) is 0 Å². The third-order valence-electron chi connectivity index (χ3n) is 7.65. The number of anilines is 1. The molecule has 30 heavy (non-hydrogen) atoms. The van der Waals surface area contributed by atoms with Crippen LogP contribution in [0, 0.1) is 24.2 Å². The van der Waals surface area contributed by atoms with Crippen LogP contribution in [0.25, 0.3) is 0 Å². The Kier molecular flexibility index (Phi) is 4.39. The maximum absolute atomic E-state index is 13.5. The minimum Gasteiger partial charge on any atom is -0.326 e. The number of rotatable bonds is 4. The molecule has 4 fully saturated rings. The van der Waals surface area contributed by atoms with Crippen LogP contribution in [0.2, 0.25) is 0 Å². The first-order valence-electron chi connectivity index (χ1n) is 10.7. The second kappa shape index (κ2) is 6.66. The fourth-order valence-corrected chi connectivity index (χ4v) is 7.28. The predicted molar refractivity (Wildman–Crippen MR) is 116 cm³/mol. The van der Waals surface area contributed by atoms with Gasteiger partial charge >= 0.3 is 0 Å². The molecule has 2 atom stereocenters. The van der Waals surface area contributed by atoms with E-state index in [2.05, 4.69) is 36.5 Å². The minimum absolute atomic E-state index is 0.0497. The maximum Gasteiger partial charge on any atom is 0.238 e. The molecule has 0 aromatic heterocycles. The highest BCUT2D eigenvalue weighted by Crippen LogP contribution is 2.66. The highest BCUT2D eigenvalue weighted by molar-refractivity contribution is 7.89. The normalized spacial score (nSPS) is 32.2. The van der Waals surface area contributed by atoms with E-state index < -0.39 is 10.0 Å². The number of amides is 1. The van der Waals surface area contributed by atoms with Crippen LogP contribution < -0.4 is 10.5 Å². The quantitative estimate of drug-likeness (QED) is 0.774. The molecule has 0 aliphatic heterocycles. The Bertz CT molecular complexity index is 1080. The van der Waals surface area contributed by atoms with Crippen molar-refractivity contribution < 1.29 is 13.2 Å². The number of nitrogens with two attached hydrogens (primary N) is 1. The summed E-state index contributed by atoms with van der Waals surface area (Å²) in [6.07, 6.45) is 6.43. The molecule has 0 saturated heterocycles. The molecule has 6 rings (SSSR count). The molecule has 6 heteroatoms. The van der Waals surface area contributed by atoms with E-state index in [-0.39, 0.29) is 21.6 Å². The van der Waals surface area contributed by atoms with Gasteiger partial charge in [-0.3, -0.25) is 4.79 Å². The molecule has 4 bridgehead atoms. The number of carbonyl (C=O) groups excluding carboxylic acids is 1. The summed E-state index contributed by atoms with van der Waals surface area (Å²) >= 11 is 0. The van der Waals surface area contributed by atoms with E-state index in [9.17, 15) is 13.2 Å². The molecule has 0 radical (unpaired) electrons. The molecule has 4 aliphatic rings. The highest BCUT2D eigenvalue weighted by Gasteiger charge is 2.60. The Morgan fingerprint density at radius 3 is 2.13 bits per heavy atom. The van der Waals surface area contributed by atoms with Crippen molar-refractivity contribution in [2.75, 3.05) is 5.32 Å². The third kappa shape index (κ3) is 3.26. The lowest BCUT2D eigenvalue weighted by atomic mass is 9.42. The number of primary sulfonamides is 1. The lowest BCUT2D eigenvalue weighted by molar-refractivity contribution is -0.143. The van der Waals surface area contributed by atoms with Crippen LogP contribution >= 0.6 is 0 Å². The number of sulfonamides is 1. The van der Waals surface area contributed by atoms with Crippen LogP contribution in [-0.4, -0.2) is 14.3 Å². The number of hydrogen-bond acceptors (Lipinski definition) is 3. The van der Waals surface area contributed by atoms with Gasteiger partial charge in [0.25, 0.3) is 0 Å². The fraction of sp³-hybridized carbons (Fsp3) is 0.458. The van der Waals surface area contributed by atoms with Crippen molar-refractivity contribution in [3.63, 3.8) is 0 Å². The van der Waals surface area contributed by atoms with Crippen molar-refractivity contribution >= 4 is 21.6 Å². The number of hydrogen-bond donors (Lipinski definition) is 2. The lowest BCUT2D eigenvalue weighted by Gasteiger charge is -2.61. The van der Waals surface area contributed by atoms with E-state index in [1.807, 2.05) is 0 Å². The summed E-state index contributed by atoms with van der Waals surface area (Å²) < 4.78 is 23.0. The van der Waals surface area contributed by atoms with E-state index in [1.54, 1.807) is 12.1 Å². The van der Waals surface area contributed by atoms with Gasteiger partial charge in [-0.1, -0.05) is 29.8 Å². The van der Waals surface area contributed by atoms with E-state index in [0.717, 1.165) is 19.3 Å². The molecule has 5 nitrogen and oxygen atoms in total. The molecular formula is C24H28N2O3S. The van der Waals surface area contributed by atoms with Gasteiger partial charge in [0, 0.05) is 5.69 Å². The smallest absolute Gasteiger partial charge is 0.238 e. The van der Waals surface area contributed by atoms with Gasteiger partial charge < -0.3 is 5.32 Å². The van der Waals surface area contributed by atoms with Gasteiger partial charge in [-0.2, -0.15) is 0 Å². The average molecular weight is 425 g/mol. The van der Waals surface area contributed by atoms with Gasteiger partial charge in [-0.15, -0.1) is 0 Å². The molecular weight excluding hydrogens is 396 g/mol. The molecule has 158 valence electrons. The number of nitrogens with one attached hydrogen (secondary N) is 1. The van der Waals surface area contributed by atoms with Crippen LogP contribution in [0.4, 0.5) is 5.69 Å². The van der Waals surface area contributed by atoms with Crippen molar-refractivity contribution in [1.82, 2.24) is 0 Å². The molecule has 0 heterocycles. The number of aryl methyl sites for hydroxylation is 1. The Labute approximate surface area is 178 Å². The minimum atomic E-state index is -3.74. The number of benzene rings is 2. The molecule has 0 spiro atoms. The summed E-state index contributed by atoms with van der Waals surface area (Å²) in [6, 6.07) is 15.0. The SMILES string of the molecule is Cc1ccc(C23C[C@H]4C[C@@H](CC(C(=O)Nc5ccc(S(N)(=O)=O)cc5)(C4)C2)C3)cc1. The first-order chi connectivity index (χ1) is 14.2. The van der Waals surface area contributed by atoms with Crippen LogP contribution in [-0.2, 0) is 20.2 Å². The van der Waals surface area contributed by atoms with Crippen molar-refractivity contribution in [1.29, 1.82) is 0 Å². The average Bonchev–Trinajstić information content (AvgIpc) is 2.67.